The molecule has 0 aromatic heterocycles. The van der Waals surface area contributed by atoms with Crippen LogP contribution in [0, 0.1) is 0 Å². The van der Waals surface area contributed by atoms with E-state index in [0.29, 0.717) is 23.0 Å². The highest BCUT2D eigenvalue weighted by Gasteiger charge is 2.19. The Bertz CT molecular complexity index is 596. The lowest BCUT2D eigenvalue weighted by atomic mass is 9.97. The van der Waals surface area contributed by atoms with Crippen LogP contribution in [0.4, 0.5) is 0 Å². The number of benzene rings is 2. The Balaban J connectivity index is 2.25. The van der Waals surface area contributed by atoms with Crippen molar-refractivity contribution in [1.82, 2.24) is 4.90 Å². The first-order valence-corrected chi connectivity index (χ1v) is 8.16. The summed E-state index contributed by atoms with van der Waals surface area (Å²) in [6, 6.07) is 15.5. The molecule has 0 fully saturated rings. The van der Waals surface area contributed by atoms with Crippen molar-refractivity contribution in [3.05, 3.63) is 69.7 Å². The highest BCUT2D eigenvalue weighted by Crippen LogP contribution is 2.29. The Kier molecular flexibility index (Phi) is 6.46. The second-order valence-electron chi connectivity index (χ2n) is 5.48. The molecular formula is C18H19Cl2NO2. The fourth-order valence-electron chi connectivity index (χ4n) is 2.60. The number of halogens is 2. The largest absolute Gasteiger partial charge is 0.481 e. The van der Waals surface area contributed by atoms with Gasteiger partial charge >= 0.3 is 5.97 Å². The molecule has 2 rings (SSSR count). The van der Waals surface area contributed by atoms with E-state index in [-0.39, 0.29) is 12.5 Å². The van der Waals surface area contributed by atoms with Crippen LogP contribution in [0.25, 0.3) is 0 Å². The van der Waals surface area contributed by atoms with Gasteiger partial charge in [-0.15, -0.1) is 0 Å². The highest BCUT2D eigenvalue weighted by molar-refractivity contribution is 6.30. The first-order chi connectivity index (χ1) is 11.0. The molecule has 1 N–H and O–H groups in total. The summed E-state index contributed by atoms with van der Waals surface area (Å²) in [6.45, 7) is 0.683. The molecule has 3 nitrogen and oxygen atoms in total. The first kappa shape index (κ1) is 17.8. The molecule has 23 heavy (non-hydrogen) atoms. The van der Waals surface area contributed by atoms with Crippen LogP contribution >= 0.6 is 23.2 Å². The first-order valence-electron chi connectivity index (χ1n) is 7.40. The quantitative estimate of drug-likeness (QED) is 0.772. The number of rotatable bonds is 7. The van der Waals surface area contributed by atoms with Crippen LogP contribution in [0.3, 0.4) is 0 Å². The van der Waals surface area contributed by atoms with Crippen LogP contribution < -0.4 is 0 Å². The Hall–Kier alpha value is -1.55. The number of aliphatic carboxylic acids is 1. The molecule has 0 saturated heterocycles. The van der Waals surface area contributed by atoms with Crippen molar-refractivity contribution in [2.45, 2.75) is 18.9 Å². The molecule has 0 atom stereocenters. The van der Waals surface area contributed by atoms with E-state index in [2.05, 4.69) is 4.90 Å². The van der Waals surface area contributed by atoms with Crippen molar-refractivity contribution in [2.24, 2.45) is 0 Å². The van der Waals surface area contributed by atoms with Crippen molar-refractivity contribution in [3.63, 3.8) is 0 Å². The molecule has 0 heterocycles. The minimum Gasteiger partial charge on any atom is -0.481 e. The minimum absolute atomic E-state index is 0.0262. The van der Waals surface area contributed by atoms with Gasteiger partial charge in [0.25, 0.3) is 0 Å². The van der Waals surface area contributed by atoms with E-state index in [1.165, 1.54) is 0 Å². The van der Waals surface area contributed by atoms with Gasteiger partial charge in [0.1, 0.15) is 0 Å². The van der Waals surface area contributed by atoms with E-state index in [0.717, 1.165) is 11.1 Å². The molecular weight excluding hydrogens is 333 g/mol. The Morgan fingerprint density at radius 1 is 1.00 bits per heavy atom. The lowest BCUT2D eigenvalue weighted by Gasteiger charge is -2.29. The zero-order valence-electron chi connectivity index (χ0n) is 12.9. The Morgan fingerprint density at radius 2 is 1.43 bits per heavy atom. The number of carboxylic acid groups (broad SMARTS) is 1. The summed E-state index contributed by atoms with van der Waals surface area (Å²) >= 11 is 12.0. The van der Waals surface area contributed by atoms with E-state index < -0.39 is 5.97 Å². The summed E-state index contributed by atoms with van der Waals surface area (Å²) in [5.41, 5.74) is 2.21. The van der Waals surface area contributed by atoms with Gasteiger partial charge < -0.3 is 5.11 Å². The van der Waals surface area contributed by atoms with Crippen molar-refractivity contribution in [3.8, 4) is 0 Å². The predicted octanol–water partition coefficient (Wildman–Crippen LogP) is 4.88. The highest BCUT2D eigenvalue weighted by atomic mass is 35.5. The molecule has 5 heteroatoms. The van der Waals surface area contributed by atoms with Gasteiger partial charge in [-0.1, -0.05) is 47.5 Å². The van der Waals surface area contributed by atoms with E-state index >= 15 is 0 Å². The van der Waals surface area contributed by atoms with Gasteiger partial charge in [0.2, 0.25) is 0 Å². The third-order valence-corrected chi connectivity index (χ3v) is 4.22. The van der Waals surface area contributed by atoms with Crippen molar-refractivity contribution in [2.75, 3.05) is 13.6 Å². The molecule has 0 amide bonds. The van der Waals surface area contributed by atoms with Gasteiger partial charge in [-0.3, -0.25) is 9.69 Å². The van der Waals surface area contributed by atoms with Crippen molar-refractivity contribution in [1.29, 1.82) is 0 Å². The molecule has 0 spiro atoms. The van der Waals surface area contributed by atoms with Gasteiger partial charge in [0.15, 0.2) is 0 Å². The monoisotopic (exact) mass is 351 g/mol. The maximum absolute atomic E-state index is 10.7. The van der Waals surface area contributed by atoms with Crippen LogP contribution in [0.5, 0.6) is 0 Å². The zero-order valence-corrected chi connectivity index (χ0v) is 14.4. The summed E-state index contributed by atoms with van der Waals surface area (Å²) in [4.78, 5) is 12.9. The molecule has 0 saturated carbocycles. The smallest absolute Gasteiger partial charge is 0.303 e. The summed E-state index contributed by atoms with van der Waals surface area (Å²) in [6.07, 6.45) is 0.766. The van der Waals surface area contributed by atoms with E-state index in [9.17, 15) is 4.79 Å². The van der Waals surface area contributed by atoms with E-state index in [1.54, 1.807) is 0 Å². The van der Waals surface area contributed by atoms with Crippen molar-refractivity contribution >= 4 is 29.2 Å². The summed E-state index contributed by atoms with van der Waals surface area (Å²) in [7, 11) is 2.00. The van der Waals surface area contributed by atoms with Gasteiger partial charge in [0, 0.05) is 16.5 Å². The van der Waals surface area contributed by atoms with Gasteiger partial charge in [-0.25, -0.2) is 0 Å². The Morgan fingerprint density at radius 3 is 1.83 bits per heavy atom. The minimum atomic E-state index is -0.770. The SMILES string of the molecule is CN(CCCC(=O)O)C(c1ccc(Cl)cc1)c1ccc(Cl)cc1. The molecule has 0 aliphatic carbocycles. The standard InChI is InChI=1S/C18H19Cl2NO2/c1-21(12-2-3-17(22)23)18(13-4-8-15(19)9-5-13)14-6-10-16(20)11-7-14/h4-11,18H,2-3,12H2,1H3,(H,22,23). The normalized spacial score (nSPS) is 11.2. The number of carbonyl (C=O) groups is 1. The van der Waals surface area contributed by atoms with Gasteiger partial charge in [-0.05, 0) is 55.4 Å². The molecule has 2 aromatic rings. The fourth-order valence-corrected chi connectivity index (χ4v) is 2.85. The van der Waals surface area contributed by atoms with Crippen LogP contribution in [0.1, 0.15) is 30.0 Å². The maximum atomic E-state index is 10.7. The average molecular weight is 352 g/mol. The van der Waals surface area contributed by atoms with Gasteiger partial charge in [-0.2, -0.15) is 0 Å². The number of hydrogen-bond donors (Lipinski definition) is 1. The lowest BCUT2D eigenvalue weighted by Crippen LogP contribution is -2.27. The molecule has 2 aromatic carbocycles. The fraction of sp³-hybridized carbons (Fsp3) is 0.278. The van der Waals surface area contributed by atoms with Crippen LogP contribution in [0.2, 0.25) is 10.0 Å². The van der Waals surface area contributed by atoms with Gasteiger partial charge in [0.05, 0.1) is 6.04 Å². The maximum Gasteiger partial charge on any atom is 0.303 e. The van der Waals surface area contributed by atoms with E-state index in [1.807, 2.05) is 55.6 Å². The second kappa shape index (κ2) is 8.34. The molecule has 0 aliphatic heterocycles. The summed E-state index contributed by atoms with van der Waals surface area (Å²) in [5.74, 6) is -0.770. The zero-order chi connectivity index (χ0) is 16.8. The number of carboxylic acids is 1. The lowest BCUT2D eigenvalue weighted by molar-refractivity contribution is -0.137. The second-order valence-corrected chi connectivity index (χ2v) is 6.36. The van der Waals surface area contributed by atoms with Crippen LogP contribution in [-0.4, -0.2) is 29.6 Å². The van der Waals surface area contributed by atoms with E-state index in [4.69, 9.17) is 28.3 Å². The third kappa shape index (κ3) is 5.24. The molecule has 122 valence electrons. The predicted molar refractivity (Wildman–Crippen MR) is 94.2 cm³/mol. The van der Waals surface area contributed by atoms with Crippen LogP contribution in [-0.2, 0) is 4.79 Å². The molecule has 0 radical (unpaired) electrons. The molecule has 0 unspecified atom stereocenters. The summed E-state index contributed by atoms with van der Waals surface area (Å²) in [5, 5.41) is 10.2. The number of nitrogens with zero attached hydrogens (tertiary/aromatic N) is 1. The van der Waals surface area contributed by atoms with Crippen molar-refractivity contribution < 1.29 is 9.90 Å². The van der Waals surface area contributed by atoms with Crippen LogP contribution in [0.15, 0.2) is 48.5 Å². The third-order valence-electron chi connectivity index (χ3n) is 3.71. The summed E-state index contributed by atoms with van der Waals surface area (Å²) < 4.78 is 0. The molecule has 0 bridgehead atoms. The molecule has 0 aliphatic rings. The Labute approximate surface area is 146 Å². The average Bonchev–Trinajstić information content (AvgIpc) is 2.51. The topological polar surface area (TPSA) is 40.5 Å². The number of hydrogen-bond acceptors (Lipinski definition) is 2.